The van der Waals surface area contributed by atoms with E-state index >= 15 is 0 Å². The van der Waals surface area contributed by atoms with Gasteiger partial charge in [-0.3, -0.25) is 4.79 Å². The van der Waals surface area contributed by atoms with Gasteiger partial charge >= 0.3 is 0 Å². The summed E-state index contributed by atoms with van der Waals surface area (Å²) in [4.78, 5) is 17.4. The summed E-state index contributed by atoms with van der Waals surface area (Å²) in [7, 11) is -1.59. The molecule has 3 rings (SSSR count). The van der Waals surface area contributed by atoms with Crippen molar-refractivity contribution in [3.63, 3.8) is 0 Å². The van der Waals surface area contributed by atoms with E-state index in [0.717, 1.165) is 50.3 Å². The molecule has 2 saturated heterocycles. The number of methoxy groups -OCH3 is 1. The Hall–Kier alpha value is -1.80. The summed E-state index contributed by atoms with van der Waals surface area (Å²) in [5.74, 6) is 0.884. The third-order valence-corrected chi connectivity index (χ3v) is 7.88. The predicted molar refractivity (Wildman–Crippen MR) is 115 cm³/mol. The molecule has 0 saturated carbocycles. The maximum Gasteiger partial charge on any atom is 0.227 e. The van der Waals surface area contributed by atoms with Gasteiger partial charge in [0.1, 0.15) is 5.75 Å². The highest BCUT2D eigenvalue weighted by Gasteiger charge is 2.34. The fourth-order valence-electron chi connectivity index (χ4n) is 4.23. The number of benzene rings is 1. The number of carbonyl (C=O) groups is 1. The average Bonchev–Trinajstić information content (AvgIpc) is 3.00. The van der Waals surface area contributed by atoms with Gasteiger partial charge < -0.3 is 14.5 Å². The van der Waals surface area contributed by atoms with E-state index in [4.69, 9.17) is 4.74 Å². The number of piperidine rings is 1. The molecular weight excluding hydrogens is 390 g/mol. The Morgan fingerprint density at radius 3 is 2.52 bits per heavy atom. The van der Waals surface area contributed by atoms with Crippen molar-refractivity contribution in [2.75, 3.05) is 57.0 Å². The summed E-state index contributed by atoms with van der Waals surface area (Å²) < 4.78 is 31.6. The van der Waals surface area contributed by atoms with Gasteiger partial charge in [0.05, 0.1) is 18.8 Å². The molecule has 0 aliphatic carbocycles. The Kier molecular flexibility index (Phi) is 7.40. The number of sulfonamides is 1. The summed E-state index contributed by atoms with van der Waals surface area (Å²) in [5, 5.41) is 0. The Balaban J connectivity index is 1.60. The molecule has 0 aromatic heterocycles. The van der Waals surface area contributed by atoms with E-state index in [-0.39, 0.29) is 17.6 Å². The first-order valence-electron chi connectivity index (χ1n) is 10.6. The van der Waals surface area contributed by atoms with E-state index in [2.05, 4.69) is 4.90 Å². The molecule has 162 valence electrons. The standard InChI is InChI=1S/C21H33N3O4S/c1-3-16-29(26,27)24-13-4-6-18(17-24)21(25)23-12-5-11-22(14-15-23)19-7-9-20(28-2)10-8-19/h7-10,18H,3-6,11-17H2,1-2H3. The molecule has 1 aromatic carbocycles. The Morgan fingerprint density at radius 1 is 1.07 bits per heavy atom. The van der Waals surface area contributed by atoms with Crippen molar-refractivity contribution in [1.29, 1.82) is 0 Å². The molecule has 0 bridgehead atoms. The number of anilines is 1. The largest absolute Gasteiger partial charge is 0.497 e. The van der Waals surface area contributed by atoms with Crippen LogP contribution in [0.2, 0.25) is 0 Å². The van der Waals surface area contributed by atoms with Crippen molar-refractivity contribution >= 4 is 21.6 Å². The number of nitrogens with zero attached hydrogens (tertiary/aromatic N) is 3. The third kappa shape index (κ3) is 5.42. The number of hydrogen-bond acceptors (Lipinski definition) is 5. The third-order valence-electron chi connectivity index (χ3n) is 5.83. The molecule has 8 heteroatoms. The smallest absolute Gasteiger partial charge is 0.227 e. The topological polar surface area (TPSA) is 70.2 Å². The monoisotopic (exact) mass is 423 g/mol. The lowest BCUT2D eigenvalue weighted by molar-refractivity contribution is -0.136. The van der Waals surface area contributed by atoms with Gasteiger partial charge in [0.25, 0.3) is 0 Å². The first kappa shape index (κ1) is 21.9. The number of amides is 1. The van der Waals surface area contributed by atoms with Crippen molar-refractivity contribution in [2.24, 2.45) is 5.92 Å². The first-order chi connectivity index (χ1) is 13.9. The average molecular weight is 424 g/mol. The number of hydrogen-bond donors (Lipinski definition) is 0. The Morgan fingerprint density at radius 2 is 1.83 bits per heavy atom. The highest BCUT2D eigenvalue weighted by atomic mass is 32.2. The van der Waals surface area contributed by atoms with Crippen LogP contribution >= 0.6 is 0 Å². The molecule has 2 aliphatic rings. The zero-order valence-electron chi connectivity index (χ0n) is 17.5. The van der Waals surface area contributed by atoms with Gasteiger partial charge in [-0.15, -0.1) is 0 Å². The molecule has 7 nitrogen and oxygen atoms in total. The number of rotatable bonds is 6. The van der Waals surface area contributed by atoms with Crippen LogP contribution in [0.5, 0.6) is 5.75 Å². The zero-order valence-corrected chi connectivity index (χ0v) is 18.4. The van der Waals surface area contributed by atoms with Gasteiger partial charge in [-0.25, -0.2) is 12.7 Å². The van der Waals surface area contributed by atoms with Gasteiger partial charge in [0.2, 0.25) is 15.9 Å². The first-order valence-corrected chi connectivity index (χ1v) is 12.2. The molecule has 0 radical (unpaired) electrons. The van der Waals surface area contributed by atoms with E-state index in [0.29, 0.717) is 26.1 Å². The Bertz CT molecular complexity index is 782. The van der Waals surface area contributed by atoms with Crippen molar-refractivity contribution in [3.05, 3.63) is 24.3 Å². The van der Waals surface area contributed by atoms with E-state index in [1.165, 1.54) is 4.31 Å². The fraction of sp³-hybridized carbons (Fsp3) is 0.667. The van der Waals surface area contributed by atoms with E-state index in [1.807, 2.05) is 36.1 Å². The van der Waals surface area contributed by atoms with Crippen LogP contribution in [-0.2, 0) is 14.8 Å². The molecule has 2 heterocycles. The van der Waals surface area contributed by atoms with Gasteiger partial charge in [0.15, 0.2) is 0 Å². The normalized spacial score (nSPS) is 21.7. The lowest BCUT2D eigenvalue weighted by atomic mass is 9.98. The molecule has 1 unspecified atom stereocenters. The summed E-state index contributed by atoms with van der Waals surface area (Å²) in [5.41, 5.74) is 1.13. The van der Waals surface area contributed by atoms with Gasteiger partial charge in [0, 0.05) is 45.0 Å². The second-order valence-electron chi connectivity index (χ2n) is 7.88. The van der Waals surface area contributed by atoms with E-state index < -0.39 is 10.0 Å². The van der Waals surface area contributed by atoms with Gasteiger partial charge in [-0.2, -0.15) is 0 Å². The minimum atomic E-state index is -3.24. The van der Waals surface area contributed by atoms with Gasteiger partial charge in [-0.1, -0.05) is 6.92 Å². The van der Waals surface area contributed by atoms with Crippen LogP contribution in [0.3, 0.4) is 0 Å². The second-order valence-corrected chi connectivity index (χ2v) is 9.97. The zero-order chi connectivity index (χ0) is 20.9. The van der Waals surface area contributed by atoms with Crippen LogP contribution in [0.1, 0.15) is 32.6 Å². The SMILES string of the molecule is CCCS(=O)(=O)N1CCCC(C(=O)N2CCCN(c3ccc(OC)cc3)CC2)C1. The molecule has 1 amide bonds. The van der Waals surface area contributed by atoms with Crippen LogP contribution in [0.15, 0.2) is 24.3 Å². The van der Waals surface area contributed by atoms with Crippen LogP contribution < -0.4 is 9.64 Å². The molecular formula is C21H33N3O4S. The molecule has 1 aromatic rings. The Labute approximate surface area is 174 Å². The highest BCUT2D eigenvalue weighted by Crippen LogP contribution is 2.24. The van der Waals surface area contributed by atoms with Crippen molar-refractivity contribution in [1.82, 2.24) is 9.21 Å². The number of carbonyl (C=O) groups excluding carboxylic acids is 1. The predicted octanol–water partition coefficient (Wildman–Crippen LogP) is 2.19. The molecule has 2 aliphatic heterocycles. The summed E-state index contributed by atoms with van der Waals surface area (Å²) in [6, 6.07) is 8.01. The lowest BCUT2D eigenvalue weighted by Gasteiger charge is -2.34. The van der Waals surface area contributed by atoms with Crippen molar-refractivity contribution < 1.29 is 17.9 Å². The summed E-state index contributed by atoms with van der Waals surface area (Å²) >= 11 is 0. The van der Waals surface area contributed by atoms with E-state index in [1.54, 1.807) is 7.11 Å². The molecule has 1 atom stereocenters. The van der Waals surface area contributed by atoms with Gasteiger partial charge in [-0.05, 0) is 49.9 Å². The van der Waals surface area contributed by atoms with Crippen LogP contribution in [0, 0.1) is 5.92 Å². The lowest BCUT2D eigenvalue weighted by Crippen LogP contribution is -2.48. The summed E-state index contributed by atoms with van der Waals surface area (Å²) in [6.07, 6.45) is 3.04. The fourth-order valence-corrected chi connectivity index (χ4v) is 5.82. The molecule has 0 spiro atoms. The maximum absolute atomic E-state index is 13.1. The van der Waals surface area contributed by atoms with Crippen molar-refractivity contribution in [3.8, 4) is 5.75 Å². The minimum absolute atomic E-state index is 0.109. The van der Waals surface area contributed by atoms with E-state index in [9.17, 15) is 13.2 Å². The molecule has 2 fully saturated rings. The van der Waals surface area contributed by atoms with Crippen LogP contribution in [-0.4, -0.2) is 75.7 Å². The molecule has 29 heavy (non-hydrogen) atoms. The number of ether oxygens (including phenoxy) is 1. The highest BCUT2D eigenvalue weighted by molar-refractivity contribution is 7.89. The molecule has 0 N–H and O–H groups in total. The van der Waals surface area contributed by atoms with Crippen molar-refractivity contribution in [2.45, 2.75) is 32.6 Å². The maximum atomic E-state index is 13.1. The van der Waals surface area contributed by atoms with Crippen LogP contribution in [0.4, 0.5) is 5.69 Å². The van der Waals surface area contributed by atoms with Crippen LogP contribution in [0.25, 0.3) is 0 Å². The second kappa shape index (κ2) is 9.80. The minimum Gasteiger partial charge on any atom is -0.497 e. The quantitative estimate of drug-likeness (QED) is 0.701. The summed E-state index contributed by atoms with van der Waals surface area (Å²) in [6.45, 7) is 5.82.